The summed E-state index contributed by atoms with van der Waals surface area (Å²) in [5.74, 6) is -0.114. The maximum Gasteiger partial charge on any atom is 0.443 e. The summed E-state index contributed by atoms with van der Waals surface area (Å²) in [5.41, 5.74) is 0.0444. The summed E-state index contributed by atoms with van der Waals surface area (Å²) in [4.78, 5) is 16.4. The van der Waals surface area contributed by atoms with E-state index in [1.54, 1.807) is 30.3 Å². The highest BCUT2D eigenvalue weighted by molar-refractivity contribution is 7.15. The molecule has 3 fully saturated rings. The number of hydrogen-bond donors (Lipinski definition) is 1. The summed E-state index contributed by atoms with van der Waals surface area (Å²) in [5, 5.41) is 1.47. The van der Waals surface area contributed by atoms with Crippen LogP contribution in [-0.2, 0) is 10.9 Å². The molecule has 1 N–H and O–H groups in total. The molecule has 1 amide bonds. The van der Waals surface area contributed by atoms with Crippen molar-refractivity contribution in [1.29, 1.82) is 0 Å². The first-order valence-electron chi connectivity index (χ1n) is 9.15. The van der Waals surface area contributed by atoms with E-state index in [1.165, 1.54) is 0 Å². The van der Waals surface area contributed by atoms with E-state index >= 15 is 0 Å². The predicted molar refractivity (Wildman–Crippen MR) is 100 cm³/mol. The van der Waals surface area contributed by atoms with Gasteiger partial charge in [-0.15, -0.1) is 11.3 Å². The molecule has 3 saturated heterocycles. The summed E-state index contributed by atoms with van der Waals surface area (Å²) >= 11 is 0.511. The van der Waals surface area contributed by atoms with Crippen molar-refractivity contribution in [1.82, 2.24) is 4.98 Å². The van der Waals surface area contributed by atoms with Crippen molar-refractivity contribution < 1.29 is 51.2 Å². The smallest absolute Gasteiger partial charge is 0.443 e. The van der Waals surface area contributed by atoms with Crippen molar-refractivity contribution >= 4 is 23.2 Å². The van der Waals surface area contributed by atoms with Crippen molar-refractivity contribution in [2.45, 2.75) is 31.0 Å². The van der Waals surface area contributed by atoms with Crippen LogP contribution in [-0.4, -0.2) is 47.8 Å². The molecule has 158 valence electrons. The second kappa shape index (κ2) is 8.03. The Labute approximate surface area is 187 Å². The number of fused-ring (bicyclic) bond motifs is 3. The number of nitrogens with zero attached hydrogens (tertiary/aromatic N) is 2. The molecule has 3 aliphatic heterocycles. The van der Waals surface area contributed by atoms with Crippen LogP contribution >= 0.6 is 11.3 Å². The number of hydrogen-bond acceptors (Lipinski definition) is 4. The Balaban J connectivity index is 0.00000240. The minimum Gasteiger partial charge on any atom is -1.00 e. The van der Waals surface area contributed by atoms with Gasteiger partial charge in [0.15, 0.2) is 5.82 Å². The third kappa shape index (κ3) is 4.69. The molecule has 3 aliphatic rings. The monoisotopic (exact) mass is 539 g/mol. The van der Waals surface area contributed by atoms with Gasteiger partial charge in [-0.2, -0.15) is 13.2 Å². The Morgan fingerprint density at radius 2 is 1.76 bits per heavy atom. The van der Waals surface area contributed by atoms with Gasteiger partial charge in [0.2, 0.25) is 5.01 Å². The van der Waals surface area contributed by atoms with Gasteiger partial charge in [0.1, 0.15) is 5.60 Å². The summed E-state index contributed by atoms with van der Waals surface area (Å²) in [7, 11) is 2.20. The van der Waals surface area contributed by atoms with E-state index in [4.69, 9.17) is 4.74 Å². The van der Waals surface area contributed by atoms with Gasteiger partial charge in [-0.05, 0) is 5.56 Å². The Morgan fingerprint density at radius 3 is 2.31 bits per heavy atom. The van der Waals surface area contributed by atoms with E-state index < -0.39 is 22.9 Å². The number of alkyl halides is 3. The quantitative estimate of drug-likeness (QED) is 0.478. The molecule has 1 aromatic heterocycles. The standard InChI is InChI=1S/C19H20F3N3O2S.HI/c1-25-10-7-18(8-11-25,9-12-25)27-17(26)24-15-14(13-5-3-2-4-6-13)28-16(23-15)19(20,21)22;/h2-6H,7-12H2,1H3;1H. The number of thiazole rings is 1. The molecule has 0 saturated carbocycles. The average Bonchev–Trinajstić information content (AvgIpc) is 3.08. The summed E-state index contributed by atoms with van der Waals surface area (Å²) in [6.07, 6.45) is -3.01. The van der Waals surface area contributed by atoms with E-state index in [1.807, 2.05) is 0 Å². The lowest BCUT2D eigenvalue weighted by molar-refractivity contribution is -0.926. The van der Waals surface area contributed by atoms with Gasteiger partial charge < -0.3 is 33.2 Å². The molecule has 0 spiro atoms. The molecule has 0 aliphatic carbocycles. The first-order valence-corrected chi connectivity index (χ1v) is 9.97. The summed E-state index contributed by atoms with van der Waals surface area (Å²) in [6, 6.07) is 8.59. The average molecular weight is 539 g/mol. The lowest BCUT2D eigenvalue weighted by atomic mass is 9.81. The van der Waals surface area contributed by atoms with Crippen molar-refractivity contribution in [2.75, 3.05) is 32.0 Å². The van der Waals surface area contributed by atoms with E-state index in [9.17, 15) is 18.0 Å². The molecule has 0 radical (unpaired) electrons. The number of carbonyl (C=O) groups is 1. The highest BCUT2D eigenvalue weighted by Gasteiger charge is 2.49. The van der Waals surface area contributed by atoms with Gasteiger partial charge >= 0.3 is 12.3 Å². The molecule has 4 heterocycles. The molecular formula is C19H21F3IN3O2S. The Bertz CT molecular complexity index is 864. The molecule has 5 nitrogen and oxygen atoms in total. The van der Waals surface area contributed by atoms with Gasteiger partial charge in [0.05, 0.1) is 31.6 Å². The maximum atomic E-state index is 13.2. The SMILES string of the molecule is C[N+]12CCC(OC(=O)Nc3nc(C(F)(F)F)sc3-c3ccccc3)(CC1)CC2.[I-]. The molecule has 2 aromatic rings. The van der Waals surface area contributed by atoms with Crippen molar-refractivity contribution in [3.63, 3.8) is 0 Å². The van der Waals surface area contributed by atoms with Crippen LogP contribution in [0.2, 0.25) is 0 Å². The number of aromatic nitrogens is 1. The number of anilines is 1. The largest absolute Gasteiger partial charge is 1.00 e. The number of nitrogens with one attached hydrogen (secondary N) is 1. The number of halogens is 4. The Kier molecular flexibility index (Phi) is 6.17. The van der Waals surface area contributed by atoms with Gasteiger partial charge in [0.25, 0.3) is 0 Å². The lowest BCUT2D eigenvalue weighted by Gasteiger charge is -2.51. The third-order valence-electron chi connectivity index (χ3n) is 5.76. The zero-order chi connectivity index (χ0) is 20.0. The number of rotatable bonds is 3. The Hall–Kier alpha value is -1.40. The molecule has 10 heteroatoms. The molecule has 0 atom stereocenters. The topological polar surface area (TPSA) is 51.2 Å². The van der Waals surface area contributed by atoms with Gasteiger partial charge in [-0.25, -0.2) is 9.78 Å². The zero-order valence-corrected chi connectivity index (χ0v) is 18.7. The molecule has 29 heavy (non-hydrogen) atoms. The van der Waals surface area contributed by atoms with Crippen LogP contribution in [0.25, 0.3) is 10.4 Å². The van der Waals surface area contributed by atoms with Gasteiger partial charge in [0, 0.05) is 19.3 Å². The van der Waals surface area contributed by atoms with Crippen LogP contribution in [0.1, 0.15) is 24.3 Å². The number of ether oxygens (including phenoxy) is 1. The zero-order valence-electron chi connectivity index (χ0n) is 15.8. The molecule has 1 aromatic carbocycles. The van der Waals surface area contributed by atoms with Crippen LogP contribution in [0.5, 0.6) is 0 Å². The van der Waals surface area contributed by atoms with Crippen LogP contribution in [0.4, 0.5) is 23.8 Å². The Morgan fingerprint density at radius 1 is 1.17 bits per heavy atom. The maximum absolute atomic E-state index is 13.2. The summed E-state index contributed by atoms with van der Waals surface area (Å²) < 4.78 is 46.2. The molecule has 2 bridgehead atoms. The summed E-state index contributed by atoms with van der Waals surface area (Å²) in [6.45, 7) is 2.83. The van der Waals surface area contributed by atoms with Crippen LogP contribution in [0.3, 0.4) is 0 Å². The van der Waals surface area contributed by atoms with E-state index in [0.29, 0.717) is 16.9 Å². The van der Waals surface area contributed by atoms with Crippen molar-refractivity contribution in [3.05, 3.63) is 35.3 Å². The third-order valence-corrected chi connectivity index (χ3v) is 6.91. The minimum absolute atomic E-state index is 0. The first-order chi connectivity index (χ1) is 13.2. The lowest BCUT2D eigenvalue weighted by Crippen LogP contribution is -3.00. The fraction of sp³-hybridized carbons (Fsp3) is 0.474. The predicted octanol–water partition coefficient (Wildman–Crippen LogP) is 1.76. The number of piperidine rings is 3. The van der Waals surface area contributed by atoms with Gasteiger partial charge in [-0.1, -0.05) is 30.3 Å². The fourth-order valence-corrected chi connectivity index (χ4v) is 4.81. The number of amides is 1. The van der Waals surface area contributed by atoms with Crippen LogP contribution < -0.4 is 29.3 Å². The molecule has 5 rings (SSSR count). The minimum atomic E-state index is -4.58. The first kappa shape index (κ1) is 22.3. The fourth-order valence-electron chi connectivity index (χ4n) is 3.91. The van der Waals surface area contributed by atoms with Crippen molar-refractivity contribution in [3.8, 4) is 10.4 Å². The number of benzene rings is 1. The van der Waals surface area contributed by atoms with Crippen molar-refractivity contribution in [2.24, 2.45) is 0 Å². The molecular weight excluding hydrogens is 518 g/mol. The number of carbonyl (C=O) groups excluding carboxylic acids is 1. The number of quaternary nitrogens is 1. The highest BCUT2D eigenvalue weighted by Crippen LogP contribution is 2.42. The van der Waals surface area contributed by atoms with E-state index in [2.05, 4.69) is 17.3 Å². The van der Waals surface area contributed by atoms with E-state index in [0.717, 1.165) is 43.4 Å². The van der Waals surface area contributed by atoms with Gasteiger partial charge in [-0.3, -0.25) is 5.32 Å². The van der Waals surface area contributed by atoms with E-state index in [-0.39, 0.29) is 34.7 Å². The van der Waals surface area contributed by atoms with Crippen LogP contribution in [0.15, 0.2) is 30.3 Å². The normalized spacial score (nSPS) is 25.9. The highest BCUT2D eigenvalue weighted by atomic mass is 127. The molecule has 0 unspecified atom stereocenters. The van der Waals surface area contributed by atoms with Crippen LogP contribution in [0, 0.1) is 0 Å². The second-order valence-electron chi connectivity index (χ2n) is 7.80. The second-order valence-corrected chi connectivity index (χ2v) is 8.80.